The second kappa shape index (κ2) is 7.95. The summed E-state index contributed by atoms with van der Waals surface area (Å²) in [5, 5.41) is 0. The van der Waals surface area contributed by atoms with E-state index in [4.69, 9.17) is 4.74 Å². The average Bonchev–Trinajstić information content (AvgIpc) is 2.88. The van der Waals surface area contributed by atoms with E-state index in [0.717, 1.165) is 24.0 Å². The van der Waals surface area contributed by atoms with Gasteiger partial charge in [0.15, 0.2) is 5.78 Å². The molecule has 0 N–H and O–H groups in total. The van der Waals surface area contributed by atoms with Crippen molar-refractivity contribution in [2.24, 2.45) is 5.41 Å². The number of nitrogens with zero attached hydrogens (tertiary/aromatic N) is 1. The second-order valence-corrected chi connectivity index (χ2v) is 8.27. The normalized spacial score (nSPS) is 16.6. The quantitative estimate of drug-likeness (QED) is 0.735. The van der Waals surface area contributed by atoms with Crippen LogP contribution in [0.1, 0.15) is 49.5 Å². The van der Waals surface area contributed by atoms with Crippen molar-refractivity contribution in [3.8, 4) is 0 Å². The van der Waals surface area contributed by atoms with E-state index in [0.29, 0.717) is 24.2 Å². The number of fused-ring (bicyclic) bond motifs is 1. The molecular weight excluding hydrogens is 338 g/mol. The van der Waals surface area contributed by atoms with Gasteiger partial charge in [-0.3, -0.25) is 9.69 Å². The van der Waals surface area contributed by atoms with Crippen molar-refractivity contribution in [2.75, 3.05) is 18.1 Å². The summed E-state index contributed by atoms with van der Waals surface area (Å²) in [6.45, 7) is 7.11. The summed E-state index contributed by atoms with van der Waals surface area (Å²) in [6.07, 6.45) is 11.6. The number of rotatable bonds is 3. The third kappa shape index (κ3) is 4.97. The van der Waals surface area contributed by atoms with Gasteiger partial charge in [-0.2, -0.15) is 0 Å². The zero-order valence-corrected chi connectivity index (χ0v) is 16.3. The molecule has 0 atom stereocenters. The molecule has 142 valence electrons. The van der Waals surface area contributed by atoms with E-state index in [1.54, 1.807) is 4.90 Å². The number of hydrogen-bond acceptors (Lipinski definition) is 3. The summed E-state index contributed by atoms with van der Waals surface area (Å²) in [7, 11) is 0. The van der Waals surface area contributed by atoms with Crippen LogP contribution < -0.4 is 4.90 Å². The predicted octanol–water partition coefficient (Wildman–Crippen LogP) is 5.25. The smallest absolute Gasteiger partial charge is 0.414 e. The molecule has 0 unspecified atom stereocenters. The largest absolute Gasteiger partial charge is 0.444 e. The summed E-state index contributed by atoms with van der Waals surface area (Å²) in [5.41, 5.74) is 3.51. The lowest BCUT2D eigenvalue weighted by molar-refractivity contribution is 0.0978. The molecule has 4 heteroatoms. The first kappa shape index (κ1) is 19.2. The molecule has 1 amide bonds. The van der Waals surface area contributed by atoms with Crippen LogP contribution in [0, 0.1) is 5.41 Å². The molecule has 0 aromatic heterocycles. The van der Waals surface area contributed by atoms with Crippen molar-refractivity contribution in [2.45, 2.75) is 40.0 Å². The highest BCUT2D eigenvalue weighted by atomic mass is 16.6. The molecule has 0 saturated heterocycles. The van der Waals surface area contributed by atoms with E-state index in [2.05, 4.69) is 20.8 Å². The van der Waals surface area contributed by atoms with E-state index in [-0.39, 0.29) is 17.8 Å². The molecule has 3 rings (SSSR count). The van der Waals surface area contributed by atoms with Crippen LogP contribution in [0.15, 0.2) is 54.2 Å². The van der Waals surface area contributed by atoms with Crippen LogP contribution in [-0.4, -0.2) is 25.0 Å². The molecule has 0 radical (unpaired) electrons. The number of benzene rings is 1. The monoisotopic (exact) mass is 365 g/mol. The van der Waals surface area contributed by atoms with Gasteiger partial charge in [0.1, 0.15) is 6.61 Å². The summed E-state index contributed by atoms with van der Waals surface area (Å²) in [6, 6.07) is 5.82. The number of hydrogen-bond donors (Lipinski definition) is 0. The summed E-state index contributed by atoms with van der Waals surface area (Å²) in [5.74, 6) is 0.0882. The Bertz CT molecular complexity index is 825. The number of ether oxygens (including phenoxy) is 1. The highest BCUT2D eigenvalue weighted by Crippen LogP contribution is 2.31. The molecule has 0 spiro atoms. The van der Waals surface area contributed by atoms with Gasteiger partial charge in [0.25, 0.3) is 0 Å². The fraction of sp³-hybridized carbons (Fsp3) is 0.391. The number of amides is 1. The second-order valence-electron chi connectivity index (χ2n) is 8.27. The van der Waals surface area contributed by atoms with Gasteiger partial charge >= 0.3 is 6.09 Å². The lowest BCUT2D eigenvalue weighted by atomic mass is 9.86. The Kier molecular flexibility index (Phi) is 5.64. The number of carbonyl (C=O) groups is 2. The first-order chi connectivity index (χ1) is 12.8. The fourth-order valence-electron chi connectivity index (χ4n) is 3.38. The van der Waals surface area contributed by atoms with E-state index < -0.39 is 6.09 Å². The molecular formula is C23H27NO3. The third-order valence-electron chi connectivity index (χ3n) is 4.61. The summed E-state index contributed by atoms with van der Waals surface area (Å²) in [4.78, 5) is 26.6. The predicted molar refractivity (Wildman–Crippen MR) is 108 cm³/mol. The molecule has 1 aromatic rings. The van der Waals surface area contributed by atoms with E-state index in [1.807, 2.05) is 48.6 Å². The molecule has 0 saturated carbocycles. The van der Waals surface area contributed by atoms with Gasteiger partial charge < -0.3 is 4.74 Å². The van der Waals surface area contributed by atoms with Crippen LogP contribution in [-0.2, 0) is 11.2 Å². The first-order valence-corrected chi connectivity index (χ1v) is 9.46. The van der Waals surface area contributed by atoms with Gasteiger partial charge in [-0.15, -0.1) is 0 Å². The van der Waals surface area contributed by atoms with Crippen molar-refractivity contribution >= 4 is 17.6 Å². The minimum atomic E-state index is -0.404. The molecule has 27 heavy (non-hydrogen) atoms. The van der Waals surface area contributed by atoms with Crippen molar-refractivity contribution < 1.29 is 14.3 Å². The SMILES string of the molecule is CC(C)(C)Cc1ccc2c(c1)C(=O)CCN2C(=O)OCC1=CCC=CC=C1. The lowest BCUT2D eigenvalue weighted by Crippen LogP contribution is -2.38. The number of anilines is 1. The maximum absolute atomic E-state index is 12.6. The van der Waals surface area contributed by atoms with Crippen molar-refractivity contribution in [1.29, 1.82) is 0 Å². The number of ketones is 1. The standard InChI is InChI=1S/C23H27NO3/c1-23(2,3)15-18-10-11-20-19(14-18)21(25)12-13-24(20)22(26)27-16-17-8-6-4-5-7-9-17/h4-6,8-11,14H,7,12-13,15-16H2,1-3H3. The van der Waals surface area contributed by atoms with E-state index >= 15 is 0 Å². The van der Waals surface area contributed by atoms with Crippen molar-refractivity contribution in [3.63, 3.8) is 0 Å². The highest BCUT2D eigenvalue weighted by molar-refractivity contribution is 6.07. The highest BCUT2D eigenvalue weighted by Gasteiger charge is 2.29. The minimum absolute atomic E-state index is 0.0882. The van der Waals surface area contributed by atoms with Gasteiger partial charge in [-0.1, -0.05) is 57.2 Å². The number of allylic oxidation sites excluding steroid dienone is 4. The maximum Gasteiger partial charge on any atom is 0.414 e. The van der Waals surface area contributed by atoms with Gasteiger partial charge in [0, 0.05) is 18.5 Å². The molecule has 0 fully saturated rings. The fourth-order valence-corrected chi connectivity index (χ4v) is 3.38. The van der Waals surface area contributed by atoms with Gasteiger partial charge in [-0.25, -0.2) is 4.79 Å². The average molecular weight is 365 g/mol. The van der Waals surface area contributed by atoms with Gasteiger partial charge in [0.2, 0.25) is 0 Å². The molecule has 1 heterocycles. The van der Waals surface area contributed by atoms with Crippen LogP contribution in [0.2, 0.25) is 0 Å². The molecule has 1 aliphatic carbocycles. The van der Waals surface area contributed by atoms with Crippen LogP contribution in [0.3, 0.4) is 0 Å². The Morgan fingerprint density at radius 1 is 1.22 bits per heavy atom. The Balaban J connectivity index is 1.74. The summed E-state index contributed by atoms with van der Waals surface area (Å²) < 4.78 is 5.51. The molecule has 2 aliphatic rings. The van der Waals surface area contributed by atoms with E-state index in [9.17, 15) is 9.59 Å². The van der Waals surface area contributed by atoms with Crippen LogP contribution in [0.4, 0.5) is 10.5 Å². The van der Waals surface area contributed by atoms with Crippen LogP contribution in [0.5, 0.6) is 0 Å². The van der Waals surface area contributed by atoms with Crippen molar-refractivity contribution in [3.05, 3.63) is 65.3 Å². The molecule has 4 nitrogen and oxygen atoms in total. The Morgan fingerprint density at radius 3 is 2.81 bits per heavy atom. The van der Waals surface area contributed by atoms with E-state index in [1.165, 1.54) is 0 Å². The first-order valence-electron chi connectivity index (χ1n) is 9.46. The van der Waals surface area contributed by atoms with Gasteiger partial charge in [-0.05, 0) is 41.5 Å². The minimum Gasteiger partial charge on any atom is -0.444 e. The number of carbonyl (C=O) groups excluding carboxylic acids is 2. The molecule has 1 aromatic carbocycles. The van der Waals surface area contributed by atoms with Crippen LogP contribution >= 0.6 is 0 Å². The van der Waals surface area contributed by atoms with Crippen molar-refractivity contribution in [1.82, 2.24) is 0 Å². The Morgan fingerprint density at radius 2 is 2.04 bits per heavy atom. The number of Topliss-reactive ketones (excluding diaryl/α,β-unsaturated/α-hetero) is 1. The maximum atomic E-state index is 12.6. The van der Waals surface area contributed by atoms with Crippen LogP contribution in [0.25, 0.3) is 0 Å². The topological polar surface area (TPSA) is 46.6 Å². The molecule has 1 aliphatic heterocycles. The zero-order chi connectivity index (χ0) is 19.4. The van der Waals surface area contributed by atoms with Gasteiger partial charge in [0.05, 0.1) is 5.69 Å². The molecule has 0 bridgehead atoms. The Labute approximate surface area is 161 Å². The lowest BCUT2D eigenvalue weighted by Gasteiger charge is -2.29. The Hall–Kier alpha value is -2.62. The third-order valence-corrected chi connectivity index (χ3v) is 4.61. The summed E-state index contributed by atoms with van der Waals surface area (Å²) >= 11 is 0. The zero-order valence-electron chi connectivity index (χ0n) is 16.3.